The van der Waals surface area contributed by atoms with E-state index in [4.69, 9.17) is 0 Å². The maximum absolute atomic E-state index is 14.2. The molecule has 180 valence electrons. The minimum absolute atomic E-state index is 0.201. The van der Waals surface area contributed by atoms with Gasteiger partial charge in [0, 0.05) is 25.8 Å². The van der Waals surface area contributed by atoms with Crippen molar-refractivity contribution < 1.29 is 13.6 Å². The van der Waals surface area contributed by atoms with Crippen molar-refractivity contribution in [3.05, 3.63) is 59.7 Å². The summed E-state index contributed by atoms with van der Waals surface area (Å²) in [5.74, 6) is 0.171. The van der Waals surface area contributed by atoms with Gasteiger partial charge in [0.2, 0.25) is 0 Å². The number of amides is 2. The Morgan fingerprint density at radius 2 is 2.00 bits per heavy atom. The van der Waals surface area contributed by atoms with Gasteiger partial charge in [-0.05, 0) is 91.0 Å². The molecule has 2 aromatic carbocycles. The molecular formula is C24H29F2N7O. The van der Waals surface area contributed by atoms with E-state index in [0.29, 0.717) is 18.2 Å². The third kappa shape index (κ3) is 6.34. The van der Waals surface area contributed by atoms with Gasteiger partial charge < -0.3 is 15.5 Å². The second kappa shape index (κ2) is 11.1. The lowest BCUT2D eigenvalue weighted by Gasteiger charge is -2.32. The number of hydrogen-bond acceptors (Lipinski definition) is 5. The maximum Gasteiger partial charge on any atom is 0.319 e. The average molecular weight is 470 g/mol. The molecule has 34 heavy (non-hydrogen) atoms. The molecule has 2 amide bonds. The van der Waals surface area contributed by atoms with E-state index in [9.17, 15) is 13.6 Å². The quantitative estimate of drug-likeness (QED) is 0.492. The number of urea groups is 1. The van der Waals surface area contributed by atoms with Crippen LogP contribution in [0.4, 0.5) is 19.3 Å². The SMILES string of the molecule is Cn1nnnc1-c1cc(NC(=O)NCCCN2CCC[C@@H](Cc3ccc(F)cc3)C2)ccc1F. The number of halogens is 2. The summed E-state index contributed by atoms with van der Waals surface area (Å²) in [6.45, 7) is 3.51. The van der Waals surface area contributed by atoms with Gasteiger partial charge in [0.05, 0.1) is 5.56 Å². The van der Waals surface area contributed by atoms with Gasteiger partial charge in [-0.25, -0.2) is 18.3 Å². The number of carbonyl (C=O) groups excluding carboxylic acids is 1. The lowest BCUT2D eigenvalue weighted by molar-refractivity contribution is 0.172. The van der Waals surface area contributed by atoms with Crippen LogP contribution >= 0.6 is 0 Å². The minimum atomic E-state index is -0.469. The normalized spacial score (nSPS) is 16.4. The molecule has 0 bridgehead atoms. The largest absolute Gasteiger partial charge is 0.338 e. The number of aryl methyl sites for hydroxylation is 1. The number of nitrogens with one attached hydrogen (secondary N) is 2. The first-order chi connectivity index (χ1) is 16.5. The lowest BCUT2D eigenvalue weighted by Crippen LogP contribution is -2.38. The van der Waals surface area contributed by atoms with Crippen molar-refractivity contribution in [3.63, 3.8) is 0 Å². The number of benzene rings is 2. The molecule has 1 aromatic heterocycles. The zero-order valence-electron chi connectivity index (χ0n) is 19.2. The van der Waals surface area contributed by atoms with Gasteiger partial charge in [-0.3, -0.25) is 0 Å². The summed E-state index contributed by atoms with van der Waals surface area (Å²) in [7, 11) is 1.62. The van der Waals surface area contributed by atoms with Crippen molar-refractivity contribution >= 4 is 11.7 Å². The van der Waals surface area contributed by atoms with E-state index in [2.05, 4.69) is 31.1 Å². The fraction of sp³-hybridized carbons (Fsp3) is 0.417. The van der Waals surface area contributed by atoms with Crippen molar-refractivity contribution in [1.82, 2.24) is 30.4 Å². The Morgan fingerprint density at radius 1 is 1.18 bits per heavy atom. The summed E-state index contributed by atoms with van der Waals surface area (Å²) in [6.07, 6.45) is 4.11. The van der Waals surface area contributed by atoms with E-state index < -0.39 is 5.82 Å². The smallest absolute Gasteiger partial charge is 0.319 e. The summed E-state index contributed by atoms with van der Waals surface area (Å²) >= 11 is 0. The number of hydrogen-bond donors (Lipinski definition) is 2. The zero-order valence-corrected chi connectivity index (χ0v) is 19.2. The molecule has 1 atom stereocenters. The number of aromatic nitrogens is 4. The fourth-order valence-corrected chi connectivity index (χ4v) is 4.39. The molecule has 1 saturated heterocycles. The zero-order chi connectivity index (χ0) is 23.9. The van der Waals surface area contributed by atoms with Gasteiger partial charge in [-0.2, -0.15) is 0 Å². The summed E-state index contributed by atoms with van der Waals surface area (Å²) in [5.41, 5.74) is 1.84. The average Bonchev–Trinajstić information content (AvgIpc) is 3.25. The van der Waals surface area contributed by atoms with Crippen molar-refractivity contribution in [2.24, 2.45) is 13.0 Å². The number of rotatable bonds is 8. The molecule has 2 heterocycles. The van der Waals surface area contributed by atoms with Gasteiger partial charge >= 0.3 is 6.03 Å². The highest BCUT2D eigenvalue weighted by molar-refractivity contribution is 5.89. The summed E-state index contributed by atoms with van der Waals surface area (Å²) in [5, 5.41) is 16.6. The number of carbonyl (C=O) groups is 1. The third-order valence-corrected chi connectivity index (χ3v) is 6.06. The van der Waals surface area contributed by atoms with Crippen LogP contribution in [0.15, 0.2) is 42.5 Å². The van der Waals surface area contributed by atoms with Crippen LogP contribution in [-0.4, -0.2) is 57.3 Å². The second-order valence-electron chi connectivity index (χ2n) is 8.69. The minimum Gasteiger partial charge on any atom is -0.338 e. The highest BCUT2D eigenvalue weighted by Gasteiger charge is 2.20. The number of tetrazole rings is 1. The first-order valence-electron chi connectivity index (χ1n) is 11.5. The maximum atomic E-state index is 14.2. The van der Waals surface area contributed by atoms with Crippen LogP contribution in [0.2, 0.25) is 0 Å². The Hall–Kier alpha value is -3.40. The molecule has 1 aliphatic heterocycles. The predicted octanol–water partition coefficient (Wildman–Crippen LogP) is 3.62. The first-order valence-corrected chi connectivity index (χ1v) is 11.5. The van der Waals surface area contributed by atoms with Crippen LogP contribution in [0, 0.1) is 17.6 Å². The van der Waals surface area contributed by atoms with Crippen LogP contribution in [0.25, 0.3) is 11.4 Å². The van der Waals surface area contributed by atoms with Gasteiger partial charge in [0.25, 0.3) is 0 Å². The Balaban J connectivity index is 1.19. The Morgan fingerprint density at radius 3 is 2.76 bits per heavy atom. The number of likely N-dealkylation sites (tertiary alicyclic amines) is 1. The van der Waals surface area contributed by atoms with Crippen molar-refractivity contribution in [2.45, 2.75) is 25.7 Å². The monoisotopic (exact) mass is 469 g/mol. The predicted molar refractivity (Wildman–Crippen MR) is 125 cm³/mol. The summed E-state index contributed by atoms with van der Waals surface area (Å²) in [4.78, 5) is 14.7. The molecule has 3 aromatic rings. The Labute approximate surface area is 197 Å². The van der Waals surface area contributed by atoms with Crippen LogP contribution < -0.4 is 10.6 Å². The van der Waals surface area contributed by atoms with Crippen molar-refractivity contribution in [1.29, 1.82) is 0 Å². The molecule has 10 heteroatoms. The van der Waals surface area contributed by atoms with Crippen LogP contribution in [0.1, 0.15) is 24.8 Å². The standard InChI is InChI=1S/C24H29F2N7O/c1-32-23(29-30-31-32)21-15-20(9-10-22(21)26)28-24(34)27-11-3-13-33-12-2-4-18(16-33)14-17-5-7-19(25)8-6-17/h5-10,15,18H,2-4,11-14,16H2,1H3,(H2,27,28,34)/t18-/m0/s1. The van der Waals surface area contributed by atoms with Crippen molar-refractivity contribution in [3.8, 4) is 11.4 Å². The molecular weight excluding hydrogens is 440 g/mol. The molecule has 0 spiro atoms. The van der Waals surface area contributed by atoms with Crippen molar-refractivity contribution in [2.75, 3.05) is 31.5 Å². The highest BCUT2D eigenvalue weighted by atomic mass is 19.1. The molecule has 1 fully saturated rings. The summed E-state index contributed by atoms with van der Waals surface area (Å²) in [6, 6.07) is 10.7. The van der Waals surface area contributed by atoms with E-state index in [1.54, 1.807) is 7.05 Å². The number of piperidine rings is 1. The molecule has 2 N–H and O–H groups in total. The highest BCUT2D eigenvalue weighted by Crippen LogP contribution is 2.24. The number of anilines is 1. The van der Waals surface area contributed by atoms with E-state index in [1.807, 2.05) is 12.1 Å². The van der Waals surface area contributed by atoms with Gasteiger partial charge in [0.15, 0.2) is 5.82 Å². The molecule has 0 radical (unpaired) electrons. The molecule has 0 saturated carbocycles. The van der Waals surface area contributed by atoms with E-state index in [1.165, 1.54) is 47.0 Å². The van der Waals surface area contributed by atoms with Crippen LogP contribution in [0.3, 0.4) is 0 Å². The van der Waals surface area contributed by atoms with Gasteiger partial charge in [0.1, 0.15) is 11.6 Å². The molecule has 4 rings (SSSR count). The Bertz CT molecular complexity index is 1100. The van der Waals surface area contributed by atoms with Crippen LogP contribution in [-0.2, 0) is 13.5 Å². The second-order valence-corrected chi connectivity index (χ2v) is 8.69. The molecule has 0 unspecified atom stereocenters. The van der Waals surface area contributed by atoms with Gasteiger partial charge in [-0.1, -0.05) is 12.1 Å². The van der Waals surface area contributed by atoms with E-state index >= 15 is 0 Å². The third-order valence-electron chi connectivity index (χ3n) is 6.06. The summed E-state index contributed by atoms with van der Waals surface area (Å²) < 4.78 is 28.7. The molecule has 1 aliphatic rings. The lowest BCUT2D eigenvalue weighted by atomic mass is 9.91. The topological polar surface area (TPSA) is 88.0 Å². The molecule has 8 nitrogen and oxygen atoms in total. The van der Waals surface area contributed by atoms with Gasteiger partial charge in [-0.15, -0.1) is 5.10 Å². The number of nitrogens with zero attached hydrogens (tertiary/aromatic N) is 5. The Kier molecular flexibility index (Phi) is 7.79. The fourth-order valence-electron chi connectivity index (χ4n) is 4.39. The van der Waals surface area contributed by atoms with Crippen LogP contribution in [0.5, 0.6) is 0 Å². The molecule has 0 aliphatic carbocycles. The van der Waals surface area contributed by atoms with E-state index in [-0.39, 0.29) is 23.2 Å². The first kappa shape index (κ1) is 23.7. The van der Waals surface area contributed by atoms with E-state index in [0.717, 1.165) is 38.9 Å².